The van der Waals surface area contributed by atoms with Crippen LogP contribution >= 0.6 is 15.9 Å². The zero-order valence-electron chi connectivity index (χ0n) is 11.3. The number of rotatable bonds is 3. The maximum Gasteiger partial charge on any atom is 0.137 e. The second kappa shape index (κ2) is 5.90. The third-order valence-electron chi connectivity index (χ3n) is 3.74. The van der Waals surface area contributed by atoms with Gasteiger partial charge in [-0.2, -0.15) is 0 Å². The van der Waals surface area contributed by atoms with E-state index >= 15 is 0 Å². The number of ether oxygens (including phenoxy) is 1. The molecule has 1 aromatic carbocycles. The van der Waals surface area contributed by atoms with Crippen molar-refractivity contribution < 1.29 is 14.2 Å². The largest absolute Gasteiger partial charge is 0.389 e. The van der Waals surface area contributed by atoms with Gasteiger partial charge < -0.3 is 9.84 Å². The summed E-state index contributed by atoms with van der Waals surface area (Å²) in [5.74, 6) is 0.120. The molecule has 0 aromatic heterocycles. The van der Waals surface area contributed by atoms with Gasteiger partial charge in [0.05, 0.1) is 16.2 Å². The van der Waals surface area contributed by atoms with Crippen molar-refractivity contribution in [3.63, 3.8) is 0 Å². The van der Waals surface area contributed by atoms with Crippen molar-refractivity contribution in [3.8, 4) is 0 Å². The second-order valence-electron chi connectivity index (χ2n) is 5.76. The highest BCUT2D eigenvalue weighted by Gasteiger charge is 2.36. The molecule has 0 radical (unpaired) electrons. The molecule has 0 aliphatic carbocycles. The number of hydrogen-bond donors (Lipinski definition) is 1. The Labute approximate surface area is 122 Å². The van der Waals surface area contributed by atoms with Gasteiger partial charge in [0, 0.05) is 19.4 Å². The SMILES string of the molecule is CC(C)C1CC(O)(Cc2ccc(F)c(Br)c2)CCO1. The standard InChI is InChI=1S/C15H20BrFO2/c1-10(2)14-9-15(18,5-6-19-14)8-11-3-4-13(17)12(16)7-11/h3-4,7,10,14,18H,5-6,8-9H2,1-2H3. The maximum absolute atomic E-state index is 13.2. The molecule has 2 nitrogen and oxygen atoms in total. The molecular formula is C15H20BrFO2. The molecule has 4 heteroatoms. The third-order valence-corrected chi connectivity index (χ3v) is 4.35. The Morgan fingerprint density at radius 3 is 2.89 bits per heavy atom. The molecular weight excluding hydrogens is 311 g/mol. The molecule has 0 spiro atoms. The smallest absolute Gasteiger partial charge is 0.137 e. The summed E-state index contributed by atoms with van der Waals surface area (Å²) >= 11 is 3.18. The summed E-state index contributed by atoms with van der Waals surface area (Å²) in [4.78, 5) is 0. The van der Waals surface area contributed by atoms with Crippen LogP contribution in [0.5, 0.6) is 0 Å². The Hall–Kier alpha value is -0.450. The van der Waals surface area contributed by atoms with E-state index in [2.05, 4.69) is 29.8 Å². The van der Waals surface area contributed by atoms with Gasteiger partial charge >= 0.3 is 0 Å². The average molecular weight is 331 g/mol. The van der Waals surface area contributed by atoms with Gasteiger partial charge in [-0.25, -0.2) is 4.39 Å². The van der Waals surface area contributed by atoms with E-state index in [-0.39, 0.29) is 11.9 Å². The quantitative estimate of drug-likeness (QED) is 0.915. The van der Waals surface area contributed by atoms with Gasteiger partial charge in [-0.05, 0) is 46.0 Å². The number of halogens is 2. The fourth-order valence-corrected chi connectivity index (χ4v) is 2.98. The van der Waals surface area contributed by atoms with Crippen molar-refractivity contribution in [1.82, 2.24) is 0 Å². The molecule has 0 amide bonds. The van der Waals surface area contributed by atoms with Crippen LogP contribution in [-0.2, 0) is 11.2 Å². The van der Waals surface area contributed by atoms with E-state index in [9.17, 15) is 9.50 Å². The molecule has 106 valence electrons. The number of benzene rings is 1. The summed E-state index contributed by atoms with van der Waals surface area (Å²) in [6, 6.07) is 4.91. The van der Waals surface area contributed by atoms with Gasteiger partial charge in [-0.15, -0.1) is 0 Å². The lowest BCUT2D eigenvalue weighted by Crippen LogP contribution is -2.44. The van der Waals surface area contributed by atoms with Gasteiger partial charge in [-0.1, -0.05) is 19.9 Å². The van der Waals surface area contributed by atoms with Gasteiger partial charge in [-0.3, -0.25) is 0 Å². The number of aliphatic hydroxyl groups is 1. The minimum Gasteiger partial charge on any atom is -0.389 e. The predicted octanol–water partition coefficient (Wildman–Crippen LogP) is 3.70. The van der Waals surface area contributed by atoms with E-state index in [0.29, 0.717) is 36.3 Å². The van der Waals surface area contributed by atoms with Crippen LogP contribution in [0.2, 0.25) is 0 Å². The zero-order valence-corrected chi connectivity index (χ0v) is 12.9. The predicted molar refractivity (Wildman–Crippen MR) is 76.6 cm³/mol. The van der Waals surface area contributed by atoms with E-state index in [1.165, 1.54) is 6.07 Å². The molecule has 1 N–H and O–H groups in total. The Kier molecular flexibility index (Phi) is 4.64. The molecule has 1 saturated heterocycles. The highest BCUT2D eigenvalue weighted by molar-refractivity contribution is 9.10. The van der Waals surface area contributed by atoms with E-state index in [0.717, 1.165) is 5.56 Å². The van der Waals surface area contributed by atoms with Crippen molar-refractivity contribution in [2.24, 2.45) is 5.92 Å². The highest BCUT2D eigenvalue weighted by atomic mass is 79.9. The van der Waals surface area contributed by atoms with Crippen molar-refractivity contribution in [3.05, 3.63) is 34.1 Å². The van der Waals surface area contributed by atoms with Gasteiger partial charge in [0.15, 0.2) is 0 Å². The van der Waals surface area contributed by atoms with E-state index < -0.39 is 5.60 Å². The maximum atomic E-state index is 13.2. The van der Waals surface area contributed by atoms with Gasteiger partial charge in [0.2, 0.25) is 0 Å². The Morgan fingerprint density at radius 1 is 1.53 bits per heavy atom. The van der Waals surface area contributed by atoms with E-state index in [4.69, 9.17) is 4.74 Å². The van der Waals surface area contributed by atoms with Gasteiger partial charge in [0.25, 0.3) is 0 Å². The van der Waals surface area contributed by atoms with Crippen LogP contribution in [-0.4, -0.2) is 23.4 Å². The molecule has 0 bridgehead atoms. The van der Waals surface area contributed by atoms with E-state index in [1.54, 1.807) is 12.1 Å². The summed E-state index contributed by atoms with van der Waals surface area (Å²) < 4.78 is 19.3. The average Bonchev–Trinajstić information content (AvgIpc) is 2.33. The molecule has 1 heterocycles. The van der Waals surface area contributed by atoms with E-state index in [1.807, 2.05) is 0 Å². The summed E-state index contributed by atoms with van der Waals surface area (Å²) in [5, 5.41) is 10.7. The first kappa shape index (κ1) is 14.9. The third kappa shape index (κ3) is 3.77. The Morgan fingerprint density at radius 2 is 2.26 bits per heavy atom. The van der Waals surface area contributed by atoms with Crippen LogP contribution in [0, 0.1) is 11.7 Å². The molecule has 19 heavy (non-hydrogen) atoms. The van der Waals surface area contributed by atoms with Crippen molar-refractivity contribution in [1.29, 1.82) is 0 Å². The summed E-state index contributed by atoms with van der Waals surface area (Å²) in [7, 11) is 0. The van der Waals surface area contributed by atoms with Crippen molar-refractivity contribution >= 4 is 15.9 Å². The molecule has 2 rings (SSSR count). The molecule has 1 aromatic rings. The van der Waals surface area contributed by atoms with Gasteiger partial charge in [0.1, 0.15) is 5.82 Å². The summed E-state index contributed by atoms with van der Waals surface area (Å²) in [6.45, 7) is 4.79. The van der Waals surface area contributed by atoms with Crippen LogP contribution in [0.15, 0.2) is 22.7 Å². The zero-order chi connectivity index (χ0) is 14.0. The lowest BCUT2D eigenvalue weighted by Gasteiger charge is -2.38. The topological polar surface area (TPSA) is 29.5 Å². The monoisotopic (exact) mass is 330 g/mol. The first-order valence-electron chi connectivity index (χ1n) is 6.67. The van der Waals surface area contributed by atoms with Crippen LogP contribution in [0.1, 0.15) is 32.3 Å². The fraction of sp³-hybridized carbons (Fsp3) is 0.600. The first-order valence-corrected chi connectivity index (χ1v) is 7.47. The lowest BCUT2D eigenvalue weighted by molar-refractivity contribution is -0.116. The second-order valence-corrected chi connectivity index (χ2v) is 6.61. The molecule has 1 aliphatic heterocycles. The van der Waals surface area contributed by atoms with Crippen LogP contribution in [0.25, 0.3) is 0 Å². The molecule has 2 atom stereocenters. The molecule has 2 unspecified atom stereocenters. The highest BCUT2D eigenvalue weighted by Crippen LogP contribution is 2.32. The van der Waals surface area contributed by atoms with Crippen molar-refractivity contribution in [2.75, 3.05) is 6.61 Å². The molecule has 1 fully saturated rings. The normalized spacial score (nSPS) is 27.8. The van der Waals surface area contributed by atoms with Crippen LogP contribution < -0.4 is 0 Å². The summed E-state index contributed by atoms with van der Waals surface area (Å²) in [6.07, 6.45) is 1.91. The van der Waals surface area contributed by atoms with Crippen LogP contribution in [0.3, 0.4) is 0 Å². The number of hydrogen-bond acceptors (Lipinski definition) is 2. The fourth-order valence-electron chi connectivity index (χ4n) is 2.55. The lowest BCUT2D eigenvalue weighted by atomic mass is 9.82. The Balaban J connectivity index is 2.09. The van der Waals surface area contributed by atoms with Crippen LogP contribution in [0.4, 0.5) is 4.39 Å². The first-order chi connectivity index (χ1) is 8.89. The molecule has 1 aliphatic rings. The van der Waals surface area contributed by atoms with Crippen molar-refractivity contribution in [2.45, 2.75) is 44.8 Å². The minimum absolute atomic E-state index is 0.0997. The summed E-state index contributed by atoms with van der Waals surface area (Å²) in [5.41, 5.74) is 0.199. The Bertz CT molecular complexity index is 450. The minimum atomic E-state index is -0.746. The molecule has 0 saturated carbocycles.